The fraction of sp³-hybridized carbons (Fsp3) is 0. The summed E-state index contributed by atoms with van der Waals surface area (Å²) in [5.74, 6) is 0.741. The zero-order valence-electron chi connectivity index (χ0n) is 8.27. The Morgan fingerprint density at radius 2 is 2.06 bits per heavy atom. The summed E-state index contributed by atoms with van der Waals surface area (Å²) in [5.41, 5.74) is 1.41. The van der Waals surface area contributed by atoms with E-state index in [1.807, 2.05) is 12.1 Å². The molecular weight excluding hydrogens is 204 g/mol. The van der Waals surface area contributed by atoms with Crippen molar-refractivity contribution in [3.8, 4) is 11.4 Å². The lowest BCUT2D eigenvalue weighted by molar-refractivity contribution is 1.17. The van der Waals surface area contributed by atoms with Crippen molar-refractivity contribution in [2.24, 2.45) is 0 Å². The molecule has 0 aliphatic carbocycles. The van der Waals surface area contributed by atoms with Gasteiger partial charge in [-0.3, -0.25) is 4.79 Å². The van der Waals surface area contributed by atoms with E-state index in [0.717, 1.165) is 11.4 Å². The highest BCUT2D eigenvalue weighted by Crippen LogP contribution is 2.17. The Labute approximate surface area is 90.2 Å². The molecule has 0 unspecified atom stereocenters. The quantitative estimate of drug-likeness (QED) is 0.638. The van der Waals surface area contributed by atoms with Crippen LogP contribution < -0.4 is 5.56 Å². The molecular formula is C11H8N4O. The van der Waals surface area contributed by atoms with Gasteiger partial charge in [-0.2, -0.15) is 0 Å². The van der Waals surface area contributed by atoms with Gasteiger partial charge in [0.2, 0.25) is 0 Å². The molecule has 1 aromatic carbocycles. The number of rotatable bonds is 1. The molecule has 2 aromatic heterocycles. The number of aromatic nitrogens is 4. The molecule has 3 aromatic rings. The van der Waals surface area contributed by atoms with Crippen LogP contribution >= 0.6 is 0 Å². The highest BCUT2D eigenvalue weighted by molar-refractivity contribution is 5.82. The third-order valence-electron chi connectivity index (χ3n) is 2.41. The maximum absolute atomic E-state index is 11.6. The van der Waals surface area contributed by atoms with Gasteiger partial charge in [-0.05, 0) is 18.2 Å². The summed E-state index contributed by atoms with van der Waals surface area (Å²) < 4.78 is 0. The van der Waals surface area contributed by atoms with E-state index in [0.29, 0.717) is 10.9 Å². The summed E-state index contributed by atoms with van der Waals surface area (Å²) in [4.78, 5) is 25.3. The molecule has 0 amide bonds. The molecule has 0 saturated heterocycles. The Hall–Kier alpha value is -2.43. The summed E-state index contributed by atoms with van der Waals surface area (Å²) in [5, 5.41) is 0.566. The number of nitrogens with zero attached hydrogens (tertiary/aromatic N) is 2. The van der Waals surface area contributed by atoms with Crippen molar-refractivity contribution in [1.82, 2.24) is 19.9 Å². The van der Waals surface area contributed by atoms with Crippen molar-refractivity contribution in [2.45, 2.75) is 0 Å². The second kappa shape index (κ2) is 3.30. The molecule has 2 heterocycles. The van der Waals surface area contributed by atoms with Crippen LogP contribution in [0, 0.1) is 0 Å². The van der Waals surface area contributed by atoms with Crippen molar-refractivity contribution in [1.29, 1.82) is 0 Å². The summed E-state index contributed by atoms with van der Waals surface area (Å²) in [6, 6.07) is 5.47. The van der Waals surface area contributed by atoms with Gasteiger partial charge in [-0.25, -0.2) is 9.97 Å². The molecule has 5 heteroatoms. The van der Waals surface area contributed by atoms with E-state index in [1.54, 1.807) is 18.5 Å². The number of aromatic amines is 2. The van der Waals surface area contributed by atoms with Crippen LogP contribution in [0.25, 0.3) is 22.3 Å². The predicted molar refractivity (Wildman–Crippen MR) is 59.9 cm³/mol. The Kier molecular flexibility index (Phi) is 1.83. The van der Waals surface area contributed by atoms with Crippen LogP contribution in [0.2, 0.25) is 0 Å². The predicted octanol–water partition coefficient (Wildman–Crippen LogP) is 1.31. The van der Waals surface area contributed by atoms with Crippen molar-refractivity contribution in [2.75, 3.05) is 0 Å². The van der Waals surface area contributed by atoms with Crippen LogP contribution in [-0.4, -0.2) is 19.9 Å². The number of fused-ring (bicyclic) bond motifs is 1. The Morgan fingerprint density at radius 1 is 1.12 bits per heavy atom. The first-order chi connectivity index (χ1) is 7.84. The SMILES string of the molecule is O=c1[nH]cnc2ccc(-c3ncc[nH]3)cc12. The summed E-state index contributed by atoms with van der Waals surface area (Å²) in [6.07, 6.45) is 4.82. The monoisotopic (exact) mass is 212 g/mol. The molecule has 0 aliphatic heterocycles. The van der Waals surface area contributed by atoms with Crippen molar-refractivity contribution >= 4 is 10.9 Å². The summed E-state index contributed by atoms with van der Waals surface area (Å²) in [6.45, 7) is 0. The zero-order valence-corrected chi connectivity index (χ0v) is 8.27. The van der Waals surface area contributed by atoms with Gasteiger partial charge in [0.05, 0.1) is 17.2 Å². The molecule has 0 atom stereocenters. The number of imidazole rings is 1. The average molecular weight is 212 g/mol. The molecule has 0 aliphatic rings. The molecule has 0 radical (unpaired) electrons. The second-order valence-electron chi connectivity index (χ2n) is 3.40. The van der Waals surface area contributed by atoms with Gasteiger partial charge in [-0.15, -0.1) is 0 Å². The summed E-state index contributed by atoms with van der Waals surface area (Å²) >= 11 is 0. The minimum Gasteiger partial charge on any atom is -0.345 e. The lowest BCUT2D eigenvalue weighted by Crippen LogP contribution is -2.06. The highest BCUT2D eigenvalue weighted by Gasteiger charge is 2.04. The zero-order chi connectivity index (χ0) is 11.0. The molecule has 3 rings (SSSR count). The fourth-order valence-corrected chi connectivity index (χ4v) is 1.64. The number of hydrogen-bond donors (Lipinski definition) is 2. The first-order valence-corrected chi connectivity index (χ1v) is 4.82. The second-order valence-corrected chi connectivity index (χ2v) is 3.40. The van der Waals surface area contributed by atoms with Gasteiger partial charge >= 0.3 is 0 Å². The standard InChI is InChI=1S/C11H8N4O/c16-11-8-5-7(10-12-3-4-13-10)1-2-9(8)14-6-15-11/h1-6H,(H,12,13)(H,14,15,16). The van der Waals surface area contributed by atoms with E-state index < -0.39 is 0 Å². The molecule has 0 spiro atoms. The fourth-order valence-electron chi connectivity index (χ4n) is 1.64. The molecule has 5 nitrogen and oxygen atoms in total. The van der Waals surface area contributed by atoms with Crippen LogP contribution in [0.15, 0.2) is 41.7 Å². The third-order valence-corrected chi connectivity index (χ3v) is 2.41. The lowest BCUT2D eigenvalue weighted by atomic mass is 10.1. The largest absolute Gasteiger partial charge is 0.345 e. The van der Waals surface area contributed by atoms with Crippen molar-refractivity contribution < 1.29 is 0 Å². The van der Waals surface area contributed by atoms with Crippen LogP contribution in [-0.2, 0) is 0 Å². The third kappa shape index (κ3) is 1.30. The van der Waals surface area contributed by atoms with E-state index in [9.17, 15) is 4.79 Å². The first kappa shape index (κ1) is 8.84. The highest BCUT2D eigenvalue weighted by atomic mass is 16.1. The lowest BCUT2D eigenvalue weighted by Gasteiger charge is -1.99. The average Bonchev–Trinajstić information content (AvgIpc) is 2.83. The number of hydrogen-bond acceptors (Lipinski definition) is 3. The number of nitrogens with one attached hydrogen (secondary N) is 2. The molecule has 0 fully saturated rings. The van der Waals surface area contributed by atoms with Crippen LogP contribution in [0.4, 0.5) is 0 Å². The van der Waals surface area contributed by atoms with E-state index in [1.165, 1.54) is 6.33 Å². The number of H-pyrrole nitrogens is 2. The van der Waals surface area contributed by atoms with Crippen LogP contribution in [0.5, 0.6) is 0 Å². The van der Waals surface area contributed by atoms with Crippen molar-refractivity contribution in [3.63, 3.8) is 0 Å². The number of benzene rings is 1. The van der Waals surface area contributed by atoms with Crippen molar-refractivity contribution in [3.05, 3.63) is 47.3 Å². The molecule has 0 bridgehead atoms. The van der Waals surface area contributed by atoms with Crippen LogP contribution in [0.3, 0.4) is 0 Å². The van der Waals surface area contributed by atoms with Gasteiger partial charge in [0.1, 0.15) is 5.82 Å². The normalized spacial score (nSPS) is 10.8. The minimum absolute atomic E-state index is 0.140. The first-order valence-electron chi connectivity index (χ1n) is 4.82. The van der Waals surface area contributed by atoms with Gasteiger partial charge in [-0.1, -0.05) is 0 Å². The van der Waals surface area contributed by atoms with E-state index in [2.05, 4.69) is 19.9 Å². The maximum atomic E-state index is 11.6. The maximum Gasteiger partial charge on any atom is 0.258 e. The summed E-state index contributed by atoms with van der Waals surface area (Å²) in [7, 11) is 0. The topological polar surface area (TPSA) is 74.4 Å². The Morgan fingerprint density at radius 3 is 2.88 bits per heavy atom. The van der Waals surface area contributed by atoms with E-state index in [4.69, 9.17) is 0 Å². The Bertz CT molecular complexity index is 685. The Balaban J connectivity index is 2.31. The van der Waals surface area contributed by atoms with Gasteiger partial charge in [0.15, 0.2) is 0 Å². The van der Waals surface area contributed by atoms with E-state index in [-0.39, 0.29) is 5.56 Å². The minimum atomic E-state index is -0.140. The molecule has 16 heavy (non-hydrogen) atoms. The molecule has 0 saturated carbocycles. The van der Waals surface area contributed by atoms with Gasteiger partial charge < -0.3 is 9.97 Å². The molecule has 2 N–H and O–H groups in total. The smallest absolute Gasteiger partial charge is 0.258 e. The molecule has 78 valence electrons. The van der Waals surface area contributed by atoms with E-state index >= 15 is 0 Å². The van der Waals surface area contributed by atoms with Gasteiger partial charge in [0.25, 0.3) is 5.56 Å². The van der Waals surface area contributed by atoms with Gasteiger partial charge in [0, 0.05) is 18.0 Å². The van der Waals surface area contributed by atoms with Crippen LogP contribution in [0.1, 0.15) is 0 Å².